The van der Waals surface area contributed by atoms with Crippen molar-refractivity contribution >= 4 is 0 Å². The second kappa shape index (κ2) is 4.11. The minimum Gasteiger partial charge on any atom is -0.0625 e. The Hall–Kier alpha value is 0. The van der Waals surface area contributed by atoms with Crippen molar-refractivity contribution < 1.29 is 0 Å². The Kier molecular flexibility index (Phi) is 3.14. The molecule has 0 bridgehead atoms. The lowest BCUT2D eigenvalue weighted by molar-refractivity contribution is 0.350. The second-order valence-electron chi connectivity index (χ2n) is 6.89. The molecule has 2 rings (SSSR count). The first-order valence-corrected chi connectivity index (χ1v) is 7.00. The number of hydrogen-bond acceptors (Lipinski definition) is 0. The molecule has 2 aliphatic rings. The Balaban J connectivity index is 1.84. The summed E-state index contributed by atoms with van der Waals surface area (Å²) in [6, 6.07) is 0. The van der Waals surface area contributed by atoms with E-state index in [0.29, 0.717) is 0 Å². The molecule has 2 fully saturated rings. The topological polar surface area (TPSA) is 0 Å². The van der Waals surface area contributed by atoms with Crippen molar-refractivity contribution in [2.75, 3.05) is 0 Å². The van der Waals surface area contributed by atoms with Gasteiger partial charge in [-0.3, -0.25) is 0 Å². The Bertz CT molecular complexity index is 218. The fourth-order valence-corrected chi connectivity index (χ4v) is 4.40. The van der Waals surface area contributed by atoms with Crippen LogP contribution in [0.25, 0.3) is 0 Å². The summed E-state index contributed by atoms with van der Waals surface area (Å²) in [5.74, 6) is 7.11. The summed E-state index contributed by atoms with van der Waals surface area (Å²) in [7, 11) is 0. The fourth-order valence-electron chi connectivity index (χ4n) is 4.40. The maximum Gasteiger partial charge on any atom is -0.0331 e. The maximum absolute atomic E-state index is 2.48. The van der Waals surface area contributed by atoms with Crippen LogP contribution < -0.4 is 0 Å². The molecule has 0 saturated heterocycles. The molecule has 0 spiro atoms. The van der Waals surface area contributed by atoms with Crippen molar-refractivity contribution in [1.29, 1.82) is 0 Å². The first-order valence-electron chi connectivity index (χ1n) is 7.00. The molecule has 2 aliphatic carbocycles. The lowest BCUT2D eigenvalue weighted by Crippen LogP contribution is -2.06. The van der Waals surface area contributed by atoms with Gasteiger partial charge in [-0.25, -0.2) is 0 Å². The normalized spacial score (nSPS) is 50.0. The van der Waals surface area contributed by atoms with E-state index in [1.807, 2.05) is 0 Å². The Labute approximate surface area is 95.8 Å². The zero-order valence-electron chi connectivity index (χ0n) is 11.2. The van der Waals surface area contributed by atoms with Crippen molar-refractivity contribution in [3.05, 3.63) is 0 Å². The van der Waals surface area contributed by atoms with Crippen molar-refractivity contribution in [2.45, 2.75) is 53.9 Å². The first-order chi connectivity index (χ1) is 7.00. The van der Waals surface area contributed by atoms with E-state index < -0.39 is 0 Å². The molecule has 0 nitrogen and oxygen atoms in total. The zero-order chi connectivity index (χ0) is 11.2. The molecule has 0 N–H and O–H groups in total. The third-order valence-corrected chi connectivity index (χ3v) is 5.26. The highest BCUT2D eigenvalue weighted by molar-refractivity contribution is 4.97. The maximum atomic E-state index is 2.48. The van der Waals surface area contributed by atoms with Gasteiger partial charge in [-0.05, 0) is 60.7 Å². The molecule has 0 aliphatic heterocycles. The van der Waals surface area contributed by atoms with E-state index in [9.17, 15) is 0 Å². The van der Waals surface area contributed by atoms with Crippen LogP contribution in [0.4, 0.5) is 0 Å². The lowest BCUT2D eigenvalue weighted by atomic mass is 9.90. The molecule has 0 heteroatoms. The second-order valence-corrected chi connectivity index (χ2v) is 6.89. The molecule has 0 aromatic rings. The summed E-state index contributed by atoms with van der Waals surface area (Å²) in [5, 5.41) is 0. The van der Waals surface area contributed by atoms with Crippen molar-refractivity contribution in [2.24, 2.45) is 41.4 Å². The average molecular weight is 208 g/mol. The molecular weight excluding hydrogens is 180 g/mol. The van der Waals surface area contributed by atoms with Gasteiger partial charge in [-0.1, -0.05) is 34.6 Å². The van der Waals surface area contributed by atoms with Gasteiger partial charge in [0.25, 0.3) is 0 Å². The smallest absolute Gasteiger partial charge is 0.0331 e. The van der Waals surface area contributed by atoms with Crippen molar-refractivity contribution in [3.63, 3.8) is 0 Å². The summed E-state index contributed by atoms with van der Waals surface area (Å²) < 4.78 is 0. The molecule has 0 amide bonds. The standard InChI is InChI=1S/C15H28/c1-9(2)15-12(5)14(15)8-13-7-10(3)6-11(13)4/h9-15H,6-8H2,1-5H3. The SMILES string of the molecule is CC1CC(C)C(CC2C(C)C2C(C)C)C1. The van der Waals surface area contributed by atoms with Gasteiger partial charge in [-0.2, -0.15) is 0 Å². The highest BCUT2D eigenvalue weighted by atomic mass is 14.5. The van der Waals surface area contributed by atoms with E-state index in [2.05, 4.69) is 34.6 Å². The van der Waals surface area contributed by atoms with E-state index >= 15 is 0 Å². The van der Waals surface area contributed by atoms with E-state index in [1.165, 1.54) is 19.3 Å². The van der Waals surface area contributed by atoms with Gasteiger partial charge in [0.15, 0.2) is 0 Å². The molecule has 6 unspecified atom stereocenters. The van der Waals surface area contributed by atoms with Crippen LogP contribution in [0.15, 0.2) is 0 Å². The number of rotatable bonds is 3. The largest absolute Gasteiger partial charge is 0.0625 e. The van der Waals surface area contributed by atoms with E-state index in [1.54, 1.807) is 0 Å². The Morgan fingerprint density at radius 1 is 1.07 bits per heavy atom. The highest BCUT2D eigenvalue weighted by Gasteiger charge is 2.49. The van der Waals surface area contributed by atoms with Crippen LogP contribution in [0.2, 0.25) is 0 Å². The summed E-state index contributed by atoms with van der Waals surface area (Å²) in [6.07, 6.45) is 4.53. The predicted octanol–water partition coefficient (Wildman–Crippen LogP) is 4.60. The molecule has 0 heterocycles. The van der Waals surface area contributed by atoms with Crippen LogP contribution in [0, 0.1) is 41.4 Å². The minimum absolute atomic E-state index is 0.916. The van der Waals surface area contributed by atoms with Gasteiger partial charge in [-0.15, -0.1) is 0 Å². The van der Waals surface area contributed by atoms with E-state index in [4.69, 9.17) is 0 Å². The van der Waals surface area contributed by atoms with Crippen molar-refractivity contribution in [1.82, 2.24) is 0 Å². The zero-order valence-corrected chi connectivity index (χ0v) is 11.2. The number of hydrogen-bond donors (Lipinski definition) is 0. The van der Waals surface area contributed by atoms with Gasteiger partial charge in [0, 0.05) is 0 Å². The van der Waals surface area contributed by atoms with Crippen LogP contribution in [-0.4, -0.2) is 0 Å². The van der Waals surface area contributed by atoms with Gasteiger partial charge >= 0.3 is 0 Å². The summed E-state index contributed by atoms with van der Waals surface area (Å²) in [6.45, 7) is 12.2. The molecule has 88 valence electrons. The fraction of sp³-hybridized carbons (Fsp3) is 1.00. The van der Waals surface area contributed by atoms with Crippen LogP contribution in [0.1, 0.15) is 53.9 Å². The monoisotopic (exact) mass is 208 g/mol. The molecule has 15 heavy (non-hydrogen) atoms. The third-order valence-electron chi connectivity index (χ3n) is 5.26. The summed E-state index contributed by atoms with van der Waals surface area (Å²) in [4.78, 5) is 0. The van der Waals surface area contributed by atoms with Gasteiger partial charge in [0.2, 0.25) is 0 Å². The van der Waals surface area contributed by atoms with Crippen LogP contribution in [0.3, 0.4) is 0 Å². The molecule has 6 atom stereocenters. The quantitative estimate of drug-likeness (QED) is 0.636. The van der Waals surface area contributed by atoms with E-state index in [-0.39, 0.29) is 0 Å². The molecule has 0 aromatic heterocycles. The predicted molar refractivity (Wildman–Crippen MR) is 66.7 cm³/mol. The summed E-state index contributed by atoms with van der Waals surface area (Å²) in [5.41, 5.74) is 0. The molecule has 0 aromatic carbocycles. The molecule has 0 radical (unpaired) electrons. The minimum atomic E-state index is 0.916. The Morgan fingerprint density at radius 2 is 1.73 bits per heavy atom. The first kappa shape index (κ1) is 11.5. The van der Waals surface area contributed by atoms with Gasteiger partial charge < -0.3 is 0 Å². The van der Waals surface area contributed by atoms with Gasteiger partial charge in [0.1, 0.15) is 0 Å². The van der Waals surface area contributed by atoms with E-state index in [0.717, 1.165) is 41.4 Å². The third kappa shape index (κ3) is 2.24. The van der Waals surface area contributed by atoms with Crippen LogP contribution in [0.5, 0.6) is 0 Å². The lowest BCUT2D eigenvalue weighted by Gasteiger charge is -2.15. The van der Waals surface area contributed by atoms with Crippen LogP contribution >= 0.6 is 0 Å². The van der Waals surface area contributed by atoms with Gasteiger partial charge in [0.05, 0.1) is 0 Å². The molecular formula is C15H28. The summed E-state index contributed by atoms with van der Waals surface area (Å²) >= 11 is 0. The molecule has 2 saturated carbocycles. The van der Waals surface area contributed by atoms with Crippen molar-refractivity contribution in [3.8, 4) is 0 Å². The average Bonchev–Trinajstić information content (AvgIpc) is 2.63. The Morgan fingerprint density at radius 3 is 2.13 bits per heavy atom. The van der Waals surface area contributed by atoms with Crippen LogP contribution in [-0.2, 0) is 0 Å². The highest BCUT2D eigenvalue weighted by Crippen LogP contribution is 2.56.